The van der Waals surface area contributed by atoms with Crippen molar-refractivity contribution in [1.29, 1.82) is 0 Å². The Bertz CT molecular complexity index is 966. The van der Waals surface area contributed by atoms with Crippen molar-refractivity contribution in [1.82, 2.24) is 4.72 Å². The Labute approximate surface area is 149 Å². The first-order valence-electron chi connectivity index (χ1n) is 7.60. The van der Waals surface area contributed by atoms with Crippen LogP contribution in [-0.2, 0) is 26.6 Å². The molecule has 0 aliphatic carbocycles. The fourth-order valence-corrected chi connectivity index (χ4v) is 4.12. The molecule has 0 fully saturated rings. The highest BCUT2D eigenvalue weighted by molar-refractivity contribution is 7.92. The van der Waals surface area contributed by atoms with E-state index in [4.69, 9.17) is 0 Å². The predicted octanol–water partition coefficient (Wildman–Crippen LogP) is 2.18. The van der Waals surface area contributed by atoms with Crippen molar-refractivity contribution in [3.8, 4) is 0 Å². The van der Waals surface area contributed by atoms with Crippen molar-refractivity contribution < 1.29 is 16.8 Å². The molecule has 0 aromatic heterocycles. The van der Waals surface area contributed by atoms with Gasteiger partial charge in [0.25, 0.3) is 0 Å². The fourth-order valence-electron chi connectivity index (χ4n) is 2.37. The number of benzene rings is 2. The first-order valence-corrected chi connectivity index (χ1v) is 10.9. The second-order valence-corrected chi connectivity index (χ2v) is 9.74. The predicted molar refractivity (Wildman–Crippen MR) is 99.6 cm³/mol. The zero-order chi connectivity index (χ0) is 18.8. The van der Waals surface area contributed by atoms with Crippen LogP contribution in [0.5, 0.6) is 0 Å². The molecule has 0 atom stereocenters. The summed E-state index contributed by atoms with van der Waals surface area (Å²) >= 11 is 0. The summed E-state index contributed by atoms with van der Waals surface area (Å²) in [6, 6.07) is 11.9. The largest absolute Gasteiger partial charge is 0.274 e. The Morgan fingerprint density at radius 1 is 0.960 bits per heavy atom. The quantitative estimate of drug-likeness (QED) is 0.830. The minimum absolute atomic E-state index is 0.124. The van der Waals surface area contributed by atoms with E-state index in [1.807, 2.05) is 13.0 Å². The smallest absolute Gasteiger partial charge is 0.241 e. The third-order valence-corrected chi connectivity index (χ3v) is 6.65. The van der Waals surface area contributed by atoms with E-state index in [9.17, 15) is 16.8 Å². The number of anilines is 1. The summed E-state index contributed by atoms with van der Waals surface area (Å²) in [5.74, 6) is 0. The molecule has 0 spiro atoms. The average Bonchev–Trinajstić information content (AvgIpc) is 2.51. The molecule has 0 heterocycles. The van der Waals surface area contributed by atoms with Crippen molar-refractivity contribution in [2.45, 2.75) is 25.3 Å². The zero-order valence-electron chi connectivity index (χ0n) is 14.6. The Morgan fingerprint density at radius 3 is 2.08 bits per heavy atom. The zero-order valence-corrected chi connectivity index (χ0v) is 16.3. The minimum Gasteiger partial charge on any atom is -0.274 e. The van der Waals surface area contributed by atoms with Gasteiger partial charge in [0.05, 0.1) is 16.8 Å². The van der Waals surface area contributed by atoms with E-state index in [-0.39, 0.29) is 11.4 Å². The van der Waals surface area contributed by atoms with Crippen molar-refractivity contribution >= 4 is 25.7 Å². The number of hydrogen-bond acceptors (Lipinski definition) is 4. The molecular formula is C17H22N2O4S2. The first kappa shape index (κ1) is 19.4. The van der Waals surface area contributed by atoms with Crippen LogP contribution in [0.4, 0.5) is 5.69 Å². The molecule has 25 heavy (non-hydrogen) atoms. The van der Waals surface area contributed by atoms with Crippen molar-refractivity contribution in [3.05, 3.63) is 59.2 Å². The molecule has 0 aliphatic rings. The van der Waals surface area contributed by atoms with E-state index in [2.05, 4.69) is 4.72 Å². The van der Waals surface area contributed by atoms with Crippen LogP contribution in [0.25, 0.3) is 0 Å². The van der Waals surface area contributed by atoms with Crippen LogP contribution >= 0.6 is 0 Å². The van der Waals surface area contributed by atoms with Gasteiger partial charge in [-0.05, 0) is 43.2 Å². The summed E-state index contributed by atoms with van der Waals surface area (Å²) < 4.78 is 51.7. The van der Waals surface area contributed by atoms with Crippen LogP contribution in [0.3, 0.4) is 0 Å². The molecule has 2 rings (SSSR count). The maximum absolute atomic E-state index is 12.4. The summed E-state index contributed by atoms with van der Waals surface area (Å²) in [4.78, 5) is 0.256. The monoisotopic (exact) mass is 382 g/mol. The number of nitrogens with one attached hydrogen (secondary N) is 1. The van der Waals surface area contributed by atoms with Gasteiger partial charge in [-0.25, -0.2) is 21.6 Å². The molecule has 136 valence electrons. The minimum atomic E-state index is -3.61. The lowest BCUT2D eigenvalue weighted by Gasteiger charge is -2.17. The van der Waals surface area contributed by atoms with E-state index < -0.39 is 20.0 Å². The Morgan fingerprint density at radius 2 is 1.56 bits per heavy atom. The number of hydrogen-bond donors (Lipinski definition) is 1. The maximum atomic E-state index is 12.4. The lowest BCUT2D eigenvalue weighted by atomic mass is 10.2. The van der Waals surface area contributed by atoms with E-state index in [1.54, 1.807) is 43.3 Å². The molecule has 2 aromatic rings. The second-order valence-electron chi connectivity index (χ2n) is 5.99. The molecule has 0 amide bonds. The summed E-state index contributed by atoms with van der Waals surface area (Å²) in [5, 5.41) is 0. The molecule has 0 radical (unpaired) electrons. The van der Waals surface area contributed by atoms with Gasteiger partial charge in [-0.3, -0.25) is 4.31 Å². The van der Waals surface area contributed by atoms with Gasteiger partial charge in [-0.1, -0.05) is 29.8 Å². The molecular weight excluding hydrogens is 360 g/mol. The normalized spacial score (nSPS) is 12.2. The lowest BCUT2D eigenvalue weighted by Crippen LogP contribution is -2.25. The maximum Gasteiger partial charge on any atom is 0.241 e. The van der Waals surface area contributed by atoms with Gasteiger partial charge in [0, 0.05) is 13.6 Å². The van der Waals surface area contributed by atoms with Crippen LogP contribution in [0.1, 0.15) is 16.7 Å². The van der Waals surface area contributed by atoms with Gasteiger partial charge >= 0.3 is 0 Å². The van der Waals surface area contributed by atoms with E-state index >= 15 is 0 Å². The molecule has 6 nitrogen and oxygen atoms in total. The molecule has 8 heteroatoms. The fraction of sp³-hybridized carbons (Fsp3) is 0.294. The van der Waals surface area contributed by atoms with Gasteiger partial charge in [0.15, 0.2) is 0 Å². The third-order valence-electron chi connectivity index (χ3n) is 3.88. The van der Waals surface area contributed by atoms with Crippen molar-refractivity contribution in [2.75, 3.05) is 17.6 Å². The molecule has 0 bridgehead atoms. The van der Waals surface area contributed by atoms with Crippen molar-refractivity contribution in [2.24, 2.45) is 0 Å². The molecule has 1 N–H and O–H groups in total. The number of sulfonamides is 2. The van der Waals surface area contributed by atoms with Gasteiger partial charge in [0.2, 0.25) is 20.0 Å². The molecule has 0 aliphatic heterocycles. The van der Waals surface area contributed by atoms with Gasteiger partial charge in [0.1, 0.15) is 0 Å². The molecule has 0 unspecified atom stereocenters. The second kappa shape index (κ2) is 7.15. The summed E-state index contributed by atoms with van der Waals surface area (Å²) in [7, 11) is -5.47. The number of rotatable bonds is 6. The van der Waals surface area contributed by atoms with Crippen LogP contribution in [0.2, 0.25) is 0 Å². The average molecular weight is 383 g/mol. The van der Waals surface area contributed by atoms with Crippen LogP contribution in [-0.4, -0.2) is 30.1 Å². The highest BCUT2D eigenvalue weighted by Crippen LogP contribution is 2.18. The van der Waals surface area contributed by atoms with Gasteiger partial charge in [-0.15, -0.1) is 0 Å². The first-order chi connectivity index (χ1) is 11.5. The third kappa shape index (κ3) is 4.81. The Hall–Kier alpha value is -1.90. The topological polar surface area (TPSA) is 83.6 Å². The Kier molecular flexibility index (Phi) is 5.55. The molecule has 0 saturated carbocycles. The van der Waals surface area contributed by atoms with Crippen LogP contribution in [0.15, 0.2) is 47.4 Å². The summed E-state index contributed by atoms with van der Waals surface area (Å²) in [6.07, 6.45) is 1.12. The highest BCUT2D eigenvalue weighted by atomic mass is 32.2. The van der Waals surface area contributed by atoms with E-state index in [0.717, 1.165) is 21.7 Å². The Balaban J connectivity index is 2.13. The SMILES string of the molecule is Cc1ccc(S(=O)(=O)NCc2ccc(N(C)S(C)(=O)=O)cc2)c(C)c1. The van der Waals surface area contributed by atoms with Crippen LogP contribution < -0.4 is 9.03 Å². The van der Waals surface area contributed by atoms with E-state index in [1.165, 1.54) is 7.05 Å². The summed E-state index contributed by atoms with van der Waals surface area (Å²) in [6.45, 7) is 3.79. The molecule has 0 saturated heterocycles. The van der Waals surface area contributed by atoms with Crippen molar-refractivity contribution in [3.63, 3.8) is 0 Å². The number of aryl methyl sites for hydroxylation is 2. The van der Waals surface area contributed by atoms with Gasteiger partial charge < -0.3 is 0 Å². The van der Waals surface area contributed by atoms with Crippen LogP contribution in [0, 0.1) is 13.8 Å². The molecule has 2 aromatic carbocycles. The van der Waals surface area contributed by atoms with Gasteiger partial charge in [-0.2, -0.15) is 0 Å². The number of nitrogens with zero attached hydrogens (tertiary/aromatic N) is 1. The van der Waals surface area contributed by atoms with E-state index in [0.29, 0.717) is 11.3 Å². The summed E-state index contributed by atoms with van der Waals surface area (Å²) in [5.41, 5.74) is 2.95. The highest BCUT2D eigenvalue weighted by Gasteiger charge is 2.16. The standard InChI is InChI=1S/C17H22N2O4S2/c1-13-5-10-17(14(2)11-13)25(22,23)18-12-15-6-8-16(9-7-15)19(3)24(4,20)21/h5-11,18H,12H2,1-4H3. The lowest BCUT2D eigenvalue weighted by molar-refractivity contribution is 0.580.